The van der Waals surface area contributed by atoms with Gasteiger partial charge in [-0.2, -0.15) is 0 Å². The molecular weight excluding hydrogens is 283 g/mol. The van der Waals surface area contributed by atoms with Crippen molar-refractivity contribution in [2.24, 2.45) is 10.9 Å². The second-order valence-electron chi connectivity index (χ2n) is 4.30. The SMILES string of the molecule is NC(=NO)c1ccc(CNc2cc(F)cc(F)c2)c(F)c1. The number of amidine groups is 1. The monoisotopic (exact) mass is 295 g/mol. The molecule has 7 heteroatoms. The van der Waals surface area contributed by atoms with Crippen molar-refractivity contribution < 1.29 is 18.4 Å². The van der Waals surface area contributed by atoms with Crippen LogP contribution in [0.5, 0.6) is 0 Å². The molecule has 0 amide bonds. The van der Waals surface area contributed by atoms with E-state index >= 15 is 0 Å². The maximum absolute atomic E-state index is 13.8. The molecule has 2 aromatic rings. The van der Waals surface area contributed by atoms with Gasteiger partial charge in [-0.3, -0.25) is 0 Å². The van der Waals surface area contributed by atoms with Crippen LogP contribution in [0.3, 0.4) is 0 Å². The smallest absolute Gasteiger partial charge is 0.170 e. The number of oxime groups is 1. The minimum absolute atomic E-state index is 0.0329. The minimum atomic E-state index is -0.722. The van der Waals surface area contributed by atoms with E-state index in [1.807, 2.05) is 0 Å². The van der Waals surface area contributed by atoms with E-state index in [9.17, 15) is 13.2 Å². The first-order valence-corrected chi connectivity index (χ1v) is 5.96. The van der Waals surface area contributed by atoms with Crippen molar-refractivity contribution in [3.05, 3.63) is 65.0 Å². The predicted octanol–water partition coefficient (Wildman–Crippen LogP) is 2.81. The van der Waals surface area contributed by atoms with Crippen molar-refractivity contribution in [2.45, 2.75) is 6.54 Å². The molecule has 0 spiro atoms. The predicted molar refractivity (Wildman–Crippen MR) is 72.6 cm³/mol. The van der Waals surface area contributed by atoms with Crippen molar-refractivity contribution >= 4 is 11.5 Å². The lowest BCUT2D eigenvalue weighted by atomic mass is 10.1. The molecule has 0 saturated heterocycles. The third kappa shape index (κ3) is 3.65. The van der Waals surface area contributed by atoms with Gasteiger partial charge in [0.05, 0.1) is 0 Å². The summed E-state index contributed by atoms with van der Waals surface area (Å²) in [6, 6.07) is 6.97. The largest absolute Gasteiger partial charge is 0.409 e. The van der Waals surface area contributed by atoms with Crippen molar-refractivity contribution in [3.63, 3.8) is 0 Å². The summed E-state index contributed by atoms with van der Waals surface area (Å²) in [5, 5.41) is 14.0. The molecule has 110 valence electrons. The quantitative estimate of drug-likeness (QED) is 0.351. The number of nitrogens with two attached hydrogens (primary N) is 1. The summed E-state index contributed by atoms with van der Waals surface area (Å²) >= 11 is 0. The maximum atomic E-state index is 13.8. The van der Waals surface area contributed by atoms with Gasteiger partial charge in [0.2, 0.25) is 0 Å². The highest BCUT2D eigenvalue weighted by Gasteiger charge is 2.07. The van der Waals surface area contributed by atoms with Crippen LogP contribution in [0.1, 0.15) is 11.1 Å². The zero-order chi connectivity index (χ0) is 15.4. The van der Waals surface area contributed by atoms with Crippen LogP contribution >= 0.6 is 0 Å². The number of nitrogens with one attached hydrogen (secondary N) is 1. The number of halogens is 3. The Balaban J connectivity index is 2.13. The highest BCUT2D eigenvalue weighted by molar-refractivity contribution is 5.97. The fraction of sp³-hybridized carbons (Fsp3) is 0.0714. The number of hydrogen-bond acceptors (Lipinski definition) is 3. The van der Waals surface area contributed by atoms with E-state index in [0.29, 0.717) is 0 Å². The van der Waals surface area contributed by atoms with Gasteiger partial charge in [-0.25, -0.2) is 13.2 Å². The second-order valence-corrected chi connectivity index (χ2v) is 4.30. The van der Waals surface area contributed by atoms with Gasteiger partial charge < -0.3 is 16.3 Å². The van der Waals surface area contributed by atoms with Crippen LogP contribution in [0.4, 0.5) is 18.9 Å². The van der Waals surface area contributed by atoms with E-state index in [1.54, 1.807) is 0 Å². The number of rotatable bonds is 4. The molecule has 0 aliphatic carbocycles. The fourth-order valence-electron chi connectivity index (χ4n) is 1.76. The minimum Gasteiger partial charge on any atom is -0.409 e. The zero-order valence-corrected chi connectivity index (χ0v) is 10.8. The fourth-order valence-corrected chi connectivity index (χ4v) is 1.76. The molecule has 0 unspecified atom stereocenters. The Morgan fingerprint density at radius 3 is 2.33 bits per heavy atom. The van der Waals surface area contributed by atoms with Crippen LogP contribution in [0.15, 0.2) is 41.6 Å². The summed E-state index contributed by atoms with van der Waals surface area (Å²) in [6.45, 7) is 0.0329. The Hall–Kier alpha value is -2.70. The topological polar surface area (TPSA) is 70.6 Å². The van der Waals surface area contributed by atoms with Gasteiger partial charge in [0, 0.05) is 29.4 Å². The van der Waals surface area contributed by atoms with Gasteiger partial charge in [-0.1, -0.05) is 17.3 Å². The molecule has 0 bridgehead atoms. The van der Waals surface area contributed by atoms with Gasteiger partial charge in [-0.15, -0.1) is 0 Å². The number of hydrogen-bond donors (Lipinski definition) is 3. The lowest BCUT2D eigenvalue weighted by Crippen LogP contribution is -2.14. The molecule has 0 radical (unpaired) electrons. The van der Waals surface area contributed by atoms with E-state index in [1.165, 1.54) is 12.1 Å². The normalized spacial score (nSPS) is 11.5. The lowest BCUT2D eigenvalue weighted by molar-refractivity contribution is 0.318. The molecule has 4 N–H and O–H groups in total. The van der Waals surface area contributed by atoms with Gasteiger partial charge in [0.15, 0.2) is 5.84 Å². The van der Waals surface area contributed by atoms with Crippen molar-refractivity contribution in [3.8, 4) is 0 Å². The first-order chi connectivity index (χ1) is 9.99. The highest BCUT2D eigenvalue weighted by atomic mass is 19.1. The molecule has 0 aliphatic heterocycles. The maximum Gasteiger partial charge on any atom is 0.170 e. The highest BCUT2D eigenvalue weighted by Crippen LogP contribution is 2.16. The van der Waals surface area contributed by atoms with Crippen LogP contribution in [-0.2, 0) is 6.54 Å². The molecule has 0 aromatic heterocycles. The zero-order valence-electron chi connectivity index (χ0n) is 10.8. The van der Waals surface area contributed by atoms with E-state index in [0.717, 1.165) is 24.3 Å². The van der Waals surface area contributed by atoms with Crippen molar-refractivity contribution in [1.29, 1.82) is 0 Å². The Morgan fingerprint density at radius 1 is 1.10 bits per heavy atom. The van der Waals surface area contributed by atoms with E-state index in [2.05, 4.69) is 10.5 Å². The molecule has 2 rings (SSSR count). The molecule has 0 heterocycles. The van der Waals surface area contributed by atoms with Crippen LogP contribution < -0.4 is 11.1 Å². The van der Waals surface area contributed by atoms with Crippen LogP contribution in [0.25, 0.3) is 0 Å². The molecule has 2 aromatic carbocycles. The number of anilines is 1. The average Bonchev–Trinajstić information content (AvgIpc) is 2.44. The van der Waals surface area contributed by atoms with Gasteiger partial charge >= 0.3 is 0 Å². The van der Waals surface area contributed by atoms with Crippen molar-refractivity contribution in [2.75, 3.05) is 5.32 Å². The summed E-state index contributed by atoms with van der Waals surface area (Å²) in [7, 11) is 0. The standard InChI is InChI=1S/C14H12F3N3O/c15-10-4-11(16)6-12(5-10)19-7-9-2-1-8(3-13(9)17)14(18)20-21/h1-6,19,21H,7H2,(H2,18,20). The van der Waals surface area contributed by atoms with Crippen LogP contribution in [0.2, 0.25) is 0 Å². The summed E-state index contributed by atoms with van der Waals surface area (Å²) in [4.78, 5) is 0. The van der Waals surface area contributed by atoms with Crippen LogP contribution in [0, 0.1) is 17.5 Å². The number of nitrogens with zero attached hydrogens (tertiary/aromatic N) is 1. The Labute approximate surface area is 118 Å². The summed E-state index contributed by atoms with van der Waals surface area (Å²) < 4.78 is 39.8. The third-order valence-electron chi connectivity index (χ3n) is 2.80. The van der Waals surface area contributed by atoms with Gasteiger partial charge in [0.1, 0.15) is 17.5 Å². The Bertz CT molecular complexity index is 669. The molecule has 0 atom stereocenters. The number of benzene rings is 2. The molecule has 0 fully saturated rings. The summed E-state index contributed by atoms with van der Waals surface area (Å²) in [6.07, 6.45) is 0. The first-order valence-electron chi connectivity index (χ1n) is 5.96. The van der Waals surface area contributed by atoms with Crippen LogP contribution in [-0.4, -0.2) is 11.0 Å². The summed E-state index contributed by atoms with van der Waals surface area (Å²) in [5.41, 5.74) is 6.05. The molecule has 0 aliphatic rings. The Kier molecular flexibility index (Phi) is 4.32. The second kappa shape index (κ2) is 6.17. The van der Waals surface area contributed by atoms with E-state index in [4.69, 9.17) is 10.9 Å². The lowest BCUT2D eigenvalue weighted by Gasteiger charge is -2.09. The van der Waals surface area contributed by atoms with Gasteiger partial charge in [-0.05, 0) is 18.2 Å². The van der Waals surface area contributed by atoms with E-state index < -0.39 is 17.5 Å². The summed E-state index contributed by atoms with van der Waals surface area (Å²) in [5.74, 6) is -2.23. The third-order valence-corrected chi connectivity index (χ3v) is 2.80. The van der Waals surface area contributed by atoms with Gasteiger partial charge in [0.25, 0.3) is 0 Å². The van der Waals surface area contributed by atoms with Crippen molar-refractivity contribution in [1.82, 2.24) is 0 Å². The average molecular weight is 295 g/mol. The molecule has 0 saturated carbocycles. The molecule has 21 heavy (non-hydrogen) atoms. The molecular formula is C14H12F3N3O. The molecule has 4 nitrogen and oxygen atoms in total. The first kappa shape index (κ1) is 14.7. The van der Waals surface area contributed by atoms with E-state index in [-0.39, 0.29) is 29.2 Å². The Morgan fingerprint density at radius 2 is 1.76 bits per heavy atom.